The number of nitrogens with one attached hydrogen (secondary N) is 2. The minimum Gasteiger partial charge on any atom is -0.353 e. The van der Waals surface area contributed by atoms with Crippen LogP contribution in [0.15, 0.2) is 41.1 Å². The predicted octanol–water partition coefficient (Wildman–Crippen LogP) is 3.59. The quantitative estimate of drug-likeness (QED) is 0.760. The fraction of sp³-hybridized carbons (Fsp3) is 0.522. The lowest BCUT2D eigenvalue weighted by Crippen LogP contribution is -2.44. The second-order valence-electron chi connectivity index (χ2n) is 8.43. The number of rotatable bonds is 6. The molecule has 0 atom stereocenters. The van der Waals surface area contributed by atoms with Gasteiger partial charge >= 0.3 is 0 Å². The molecule has 1 saturated carbocycles. The van der Waals surface area contributed by atoms with Crippen molar-refractivity contribution in [1.29, 1.82) is 0 Å². The second-order valence-corrected chi connectivity index (χ2v) is 8.43. The summed E-state index contributed by atoms with van der Waals surface area (Å²) in [7, 11) is 0. The topological polar surface area (TPSA) is 87.5 Å². The molecule has 2 amide bonds. The van der Waals surface area contributed by atoms with Crippen LogP contribution in [-0.4, -0.2) is 41.0 Å². The summed E-state index contributed by atoms with van der Waals surface area (Å²) >= 11 is 0. The van der Waals surface area contributed by atoms with Crippen molar-refractivity contribution in [2.75, 3.05) is 18.4 Å². The van der Waals surface area contributed by atoms with E-state index in [1.54, 1.807) is 0 Å². The molecule has 4 rings (SSSR count). The maximum Gasteiger partial charge on any atom is 0.294 e. The van der Waals surface area contributed by atoms with Gasteiger partial charge in [-0.2, -0.15) is 0 Å². The first-order valence-electron chi connectivity index (χ1n) is 11.0. The van der Waals surface area contributed by atoms with Gasteiger partial charge in [0.25, 0.3) is 5.91 Å². The van der Waals surface area contributed by atoms with Gasteiger partial charge in [0.15, 0.2) is 0 Å². The molecule has 160 valence electrons. The monoisotopic (exact) mass is 410 g/mol. The third-order valence-electron chi connectivity index (χ3n) is 6.16. The Balaban J connectivity index is 1.24. The van der Waals surface area contributed by atoms with Gasteiger partial charge in [0.1, 0.15) is 0 Å². The number of hydrogen-bond donors (Lipinski definition) is 2. The zero-order chi connectivity index (χ0) is 20.8. The van der Waals surface area contributed by atoms with Crippen molar-refractivity contribution in [1.82, 2.24) is 15.4 Å². The van der Waals surface area contributed by atoms with E-state index in [1.165, 1.54) is 31.5 Å². The fourth-order valence-electron chi connectivity index (χ4n) is 4.45. The molecule has 2 aliphatic rings. The Kier molecular flexibility index (Phi) is 6.79. The van der Waals surface area contributed by atoms with Gasteiger partial charge in [-0.05, 0) is 56.5 Å². The molecule has 7 nitrogen and oxygen atoms in total. The summed E-state index contributed by atoms with van der Waals surface area (Å²) in [5.74, 6) is 0.262. The lowest BCUT2D eigenvalue weighted by Gasteiger charge is -2.32. The molecule has 0 radical (unpaired) electrons. The van der Waals surface area contributed by atoms with Crippen molar-refractivity contribution in [2.24, 2.45) is 5.92 Å². The highest BCUT2D eigenvalue weighted by Crippen LogP contribution is 2.23. The van der Waals surface area contributed by atoms with Gasteiger partial charge in [-0.25, -0.2) is 0 Å². The normalized spacial score (nSPS) is 18.8. The summed E-state index contributed by atoms with van der Waals surface area (Å²) in [4.78, 5) is 27.1. The SMILES string of the molecule is O=C(Nc1cccc(CN2CCC(C(=O)NC3CCCCC3)CC2)c1)c1ccno1. The molecular formula is C23H30N4O3. The number of piperidine rings is 1. The number of hydrogen-bond acceptors (Lipinski definition) is 5. The van der Waals surface area contributed by atoms with Crippen LogP contribution in [0.3, 0.4) is 0 Å². The summed E-state index contributed by atoms with van der Waals surface area (Å²) < 4.78 is 4.89. The van der Waals surface area contributed by atoms with Crippen LogP contribution in [0, 0.1) is 5.92 Å². The van der Waals surface area contributed by atoms with Crippen molar-refractivity contribution in [3.8, 4) is 0 Å². The molecule has 1 aliphatic carbocycles. The largest absolute Gasteiger partial charge is 0.353 e. The van der Waals surface area contributed by atoms with E-state index in [0.29, 0.717) is 6.04 Å². The van der Waals surface area contributed by atoms with Crippen molar-refractivity contribution in [3.63, 3.8) is 0 Å². The lowest BCUT2D eigenvalue weighted by atomic mass is 9.92. The van der Waals surface area contributed by atoms with E-state index in [9.17, 15) is 9.59 Å². The van der Waals surface area contributed by atoms with Crippen molar-refractivity contribution in [3.05, 3.63) is 47.9 Å². The van der Waals surface area contributed by atoms with E-state index < -0.39 is 0 Å². The molecule has 1 aliphatic heterocycles. The van der Waals surface area contributed by atoms with Crippen LogP contribution in [0.25, 0.3) is 0 Å². The highest BCUT2D eigenvalue weighted by Gasteiger charge is 2.27. The van der Waals surface area contributed by atoms with Crippen molar-refractivity contribution in [2.45, 2.75) is 57.5 Å². The second kappa shape index (κ2) is 9.89. The van der Waals surface area contributed by atoms with Gasteiger partial charge in [0.2, 0.25) is 11.7 Å². The van der Waals surface area contributed by atoms with Crippen LogP contribution in [0.2, 0.25) is 0 Å². The highest BCUT2D eigenvalue weighted by molar-refractivity contribution is 6.02. The molecule has 0 unspecified atom stereocenters. The molecule has 30 heavy (non-hydrogen) atoms. The molecule has 1 aromatic heterocycles. The number of carbonyl (C=O) groups is 2. The summed E-state index contributed by atoms with van der Waals surface area (Å²) in [5.41, 5.74) is 1.87. The van der Waals surface area contributed by atoms with E-state index in [-0.39, 0.29) is 23.5 Å². The standard InChI is InChI=1S/C23H30N4O3/c28-22(25-19-6-2-1-3-7-19)18-10-13-27(14-11-18)16-17-5-4-8-20(15-17)26-23(29)21-9-12-24-30-21/h4-5,8-9,12,15,18-19H,1-3,6-7,10-11,13-14,16H2,(H,25,28)(H,26,29). The minimum atomic E-state index is -0.311. The van der Waals surface area contributed by atoms with Crippen LogP contribution >= 0.6 is 0 Å². The molecule has 7 heteroatoms. The number of likely N-dealkylation sites (tertiary alicyclic amines) is 1. The predicted molar refractivity (Wildman–Crippen MR) is 114 cm³/mol. The number of aromatic nitrogens is 1. The van der Waals surface area contributed by atoms with Gasteiger partial charge < -0.3 is 15.2 Å². The molecular weight excluding hydrogens is 380 g/mol. The first-order valence-corrected chi connectivity index (χ1v) is 11.0. The Morgan fingerprint density at radius 1 is 1.07 bits per heavy atom. The Morgan fingerprint density at radius 2 is 1.87 bits per heavy atom. The van der Waals surface area contributed by atoms with E-state index in [4.69, 9.17) is 4.52 Å². The maximum absolute atomic E-state index is 12.6. The van der Waals surface area contributed by atoms with E-state index in [2.05, 4.69) is 26.8 Å². The van der Waals surface area contributed by atoms with E-state index >= 15 is 0 Å². The van der Waals surface area contributed by atoms with Gasteiger partial charge in [-0.15, -0.1) is 0 Å². The summed E-state index contributed by atoms with van der Waals surface area (Å²) in [5, 5.41) is 9.68. The third-order valence-corrected chi connectivity index (χ3v) is 6.16. The van der Waals surface area contributed by atoms with Gasteiger partial charge in [0.05, 0.1) is 6.20 Å². The third kappa shape index (κ3) is 5.48. The summed E-state index contributed by atoms with van der Waals surface area (Å²) in [6.45, 7) is 2.64. The Hall–Kier alpha value is -2.67. The number of carbonyl (C=O) groups excluding carboxylic acids is 2. The highest BCUT2D eigenvalue weighted by atomic mass is 16.5. The first-order chi connectivity index (χ1) is 14.7. The summed E-state index contributed by atoms with van der Waals surface area (Å²) in [6.07, 6.45) is 9.30. The molecule has 1 aromatic carbocycles. The van der Waals surface area contributed by atoms with Crippen LogP contribution in [0.1, 0.15) is 61.1 Å². The van der Waals surface area contributed by atoms with E-state index in [0.717, 1.165) is 56.6 Å². The Labute approximate surface area is 177 Å². The zero-order valence-electron chi connectivity index (χ0n) is 17.3. The number of amides is 2. The number of anilines is 1. The number of nitrogens with zero attached hydrogens (tertiary/aromatic N) is 2. The molecule has 2 aromatic rings. The molecule has 0 spiro atoms. The van der Waals surface area contributed by atoms with Crippen LogP contribution < -0.4 is 10.6 Å². The molecule has 2 heterocycles. The molecule has 2 fully saturated rings. The van der Waals surface area contributed by atoms with Crippen molar-refractivity contribution < 1.29 is 14.1 Å². The van der Waals surface area contributed by atoms with Crippen LogP contribution in [-0.2, 0) is 11.3 Å². The Morgan fingerprint density at radius 3 is 2.60 bits per heavy atom. The zero-order valence-corrected chi connectivity index (χ0v) is 17.3. The van der Waals surface area contributed by atoms with Crippen LogP contribution in [0.5, 0.6) is 0 Å². The average molecular weight is 411 g/mol. The van der Waals surface area contributed by atoms with Gasteiger partial charge in [-0.1, -0.05) is 36.6 Å². The average Bonchev–Trinajstić information content (AvgIpc) is 3.30. The molecule has 0 bridgehead atoms. The van der Waals surface area contributed by atoms with E-state index in [1.807, 2.05) is 18.2 Å². The number of benzene rings is 1. The Bertz CT molecular complexity index is 838. The van der Waals surface area contributed by atoms with Gasteiger partial charge in [-0.3, -0.25) is 14.5 Å². The first kappa shape index (κ1) is 20.6. The summed E-state index contributed by atoms with van der Waals surface area (Å²) in [6, 6.07) is 9.77. The minimum absolute atomic E-state index is 0.135. The molecule has 1 saturated heterocycles. The molecule has 2 N–H and O–H groups in total. The fourth-order valence-corrected chi connectivity index (χ4v) is 4.45. The van der Waals surface area contributed by atoms with Gasteiger partial charge in [0, 0.05) is 30.3 Å². The van der Waals surface area contributed by atoms with Crippen LogP contribution in [0.4, 0.5) is 5.69 Å². The lowest BCUT2D eigenvalue weighted by molar-refractivity contribution is -0.127. The van der Waals surface area contributed by atoms with Crippen molar-refractivity contribution >= 4 is 17.5 Å². The smallest absolute Gasteiger partial charge is 0.294 e. The maximum atomic E-state index is 12.6.